The van der Waals surface area contributed by atoms with Crippen LogP contribution in [0.25, 0.3) is 22.3 Å². The minimum atomic E-state index is -0.155. The molecular formula is C25H28Cl2N4O2. The van der Waals surface area contributed by atoms with E-state index in [4.69, 9.17) is 28.2 Å². The fraction of sp³-hybridized carbons (Fsp3) is 0.400. The van der Waals surface area contributed by atoms with Gasteiger partial charge in [0.25, 0.3) is 0 Å². The molecule has 2 aromatic heterocycles. The molecule has 1 N–H and O–H groups in total. The summed E-state index contributed by atoms with van der Waals surface area (Å²) in [6, 6.07) is 7.89. The fourth-order valence-corrected chi connectivity index (χ4v) is 5.17. The summed E-state index contributed by atoms with van der Waals surface area (Å²) in [5, 5.41) is 10.2. The number of anilines is 1. The van der Waals surface area contributed by atoms with Crippen molar-refractivity contribution >= 4 is 45.7 Å². The molecule has 0 aliphatic heterocycles. The molecule has 33 heavy (non-hydrogen) atoms. The molecule has 1 saturated carbocycles. The van der Waals surface area contributed by atoms with Crippen molar-refractivity contribution in [2.24, 2.45) is 0 Å². The van der Waals surface area contributed by atoms with Crippen molar-refractivity contribution in [2.45, 2.75) is 44.7 Å². The van der Waals surface area contributed by atoms with Crippen LogP contribution in [0.15, 0.2) is 30.5 Å². The first-order valence-electron chi connectivity index (χ1n) is 11.1. The van der Waals surface area contributed by atoms with Crippen LogP contribution in [-0.2, 0) is 0 Å². The van der Waals surface area contributed by atoms with Crippen molar-refractivity contribution in [2.75, 3.05) is 26.0 Å². The predicted octanol–water partition coefficient (Wildman–Crippen LogP) is 5.82. The third kappa shape index (κ3) is 4.65. The average Bonchev–Trinajstić information content (AvgIpc) is 2.80. The Bertz CT molecular complexity index is 1180. The van der Waals surface area contributed by atoms with Crippen molar-refractivity contribution in [3.8, 4) is 17.0 Å². The molecule has 0 amide bonds. The molecule has 1 aliphatic carbocycles. The predicted molar refractivity (Wildman–Crippen MR) is 135 cm³/mol. The van der Waals surface area contributed by atoms with Crippen molar-refractivity contribution in [1.82, 2.24) is 14.9 Å². The highest BCUT2D eigenvalue weighted by Crippen LogP contribution is 2.38. The number of hydrogen-bond acceptors (Lipinski definition) is 6. The highest BCUT2D eigenvalue weighted by molar-refractivity contribution is 6.37. The maximum atomic E-state index is 12.6. The van der Waals surface area contributed by atoms with Gasteiger partial charge in [-0.15, -0.1) is 0 Å². The Morgan fingerprint density at radius 3 is 2.21 bits per heavy atom. The lowest BCUT2D eigenvalue weighted by Crippen LogP contribution is -2.41. The largest absolute Gasteiger partial charge is 0.505 e. The monoisotopic (exact) mass is 486 g/mol. The van der Waals surface area contributed by atoms with Crippen LogP contribution >= 0.6 is 23.2 Å². The minimum absolute atomic E-state index is 0.0452. The van der Waals surface area contributed by atoms with Gasteiger partial charge in [0.05, 0.1) is 32.5 Å². The molecule has 1 aliphatic rings. The zero-order valence-electron chi connectivity index (χ0n) is 19.3. The number of Topliss-reactive ketones (excluding diaryl/α,β-unsaturated/α-hetero) is 1. The number of aromatic nitrogens is 2. The van der Waals surface area contributed by atoms with E-state index in [0.29, 0.717) is 39.9 Å². The minimum Gasteiger partial charge on any atom is -0.505 e. The molecule has 0 atom stereocenters. The van der Waals surface area contributed by atoms with Crippen LogP contribution in [0.4, 0.5) is 5.69 Å². The highest BCUT2D eigenvalue weighted by Gasteiger charge is 2.28. The number of fused-ring (bicyclic) bond motifs is 1. The lowest BCUT2D eigenvalue weighted by Gasteiger charge is -2.38. The maximum absolute atomic E-state index is 12.6. The van der Waals surface area contributed by atoms with Crippen LogP contribution in [-0.4, -0.2) is 59.0 Å². The summed E-state index contributed by atoms with van der Waals surface area (Å²) in [4.78, 5) is 26.5. The van der Waals surface area contributed by atoms with E-state index < -0.39 is 0 Å². The molecular weight excluding hydrogens is 459 g/mol. The standard InChI is InChI=1S/C25H28Cl2N4O2/c1-14(32)18-13-28-22-10-9-21(15-11-19(26)25(33)20(27)12-15)29-23(22)24(18)31(4)17-7-5-16(6-8-17)30(2)3/h9-13,16-17,33H,5-8H2,1-4H3/t16-,17-. The maximum Gasteiger partial charge on any atom is 0.163 e. The quantitative estimate of drug-likeness (QED) is 0.458. The van der Waals surface area contributed by atoms with E-state index in [-0.39, 0.29) is 21.6 Å². The topological polar surface area (TPSA) is 69.6 Å². The molecule has 1 aromatic carbocycles. The van der Waals surface area contributed by atoms with E-state index in [1.165, 1.54) is 0 Å². The molecule has 8 heteroatoms. The lowest BCUT2D eigenvalue weighted by molar-refractivity contribution is 0.101. The zero-order chi connectivity index (χ0) is 23.9. The van der Waals surface area contributed by atoms with E-state index in [9.17, 15) is 9.90 Å². The number of aromatic hydroxyl groups is 1. The van der Waals surface area contributed by atoms with Crippen LogP contribution in [0, 0.1) is 0 Å². The van der Waals surface area contributed by atoms with E-state index in [1.807, 2.05) is 19.2 Å². The molecule has 3 aromatic rings. The van der Waals surface area contributed by atoms with Gasteiger partial charge < -0.3 is 14.9 Å². The molecule has 0 unspecified atom stereocenters. The second-order valence-corrected chi connectivity index (χ2v) is 9.78. The van der Waals surface area contributed by atoms with Gasteiger partial charge in [-0.1, -0.05) is 23.2 Å². The van der Waals surface area contributed by atoms with Crippen LogP contribution in [0.3, 0.4) is 0 Å². The Hall–Kier alpha value is -2.41. The fourth-order valence-electron chi connectivity index (χ4n) is 4.69. The Labute approximate surface area is 204 Å². The van der Waals surface area contributed by atoms with Crippen LogP contribution in [0.1, 0.15) is 43.0 Å². The Balaban J connectivity index is 1.81. The van der Waals surface area contributed by atoms with Gasteiger partial charge in [0, 0.05) is 30.9 Å². The van der Waals surface area contributed by atoms with Gasteiger partial charge in [-0.25, -0.2) is 4.98 Å². The zero-order valence-corrected chi connectivity index (χ0v) is 20.8. The van der Waals surface area contributed by atoms with Gasteiger partial charge in [0.1, 0.15) is 5.52 Å². The number of phenols is 1. The lowest BCUT2D eigenvalue weighted by atomic mass is 9.89. The van der Waals surface area contributed by atoms with E-state index in [1.54, 1.807) is 25.3 Å². The second-order valence-electron chi connectivity index (χ2n) is 8.97. The number of pyridine rings is 2. The van der Waals surface area contributed by atoms with Gasteiger partial charge in [-0.2, -0.15) is 0 Å². The van der Waals surface area contributed by atoms with Gasteiger partial charge in [0.15, 0.2) is 11.5 Å². The SMILES string of the molecule is CC(=O)c1cnc2ccc(-c3cc(Cl)c(O)c(Cl)c3)nc2c1N(C)[C@H]1CC[C@H](N(C)C)CC1. The number of rotatable bonds is 5. The van der Waals surface area contributed by atoms with Gasteiger partial charge >= 0.3 is 0 Å². The van der Waals surface area contributed by atoms with Crippen LogP contribution in [0.5, 0.6) is 5.75 Å². The number of carbonyl (C=O) groups is 1. The molecule has 174 valence electrons. The van der Waals surface area contributed by atoms with Gasteiger partial charge in [0.2, 0.25) is 0 Å². The molecule has 1 fully saturated rings. The van der Waals surface area contributed by atoms with E-state index in [2.05, 4.69) is 28.9 Å². The molecule has 0 spiro atoms. The first kappa shape index (κ1) is 23.7. The number of carbonyl (C=O) groups excluding carboxylic acids is 1. The summed E-state index contributed by atoms with van der Waals surface area (Å²) in [5.41, 5.74) is 4.06. The number of hydrogen-bond donors (Lipinski definition) is 1. The summed E-state index contributed by atoms with van der Waals surface area (Å²) in [6.45, 7) is 1.56. The van der Waals surface area contributed by atoms with Crippen LogP contribution in [0.2, 0.25) is 10.0 Å². The van der Waals surface area contributed by atoms with E-state index >= 15 is 0 Å². The van der Waals surface area contributed by atoms with E-state index in [0.717, 1.165) is 31.4 Å². The summed E-state index contributed by atoms with van der Waals surface area (Å²) >= 11 is 12.3. The Morgan fingerprint density at radius 1 is 1.03 bits per heavy atom. The smallest absolute Gasteiger partial charge is 0.163 e. The van der Waals surface area contributed by atoms with Crippen LogP contribution < -0.4 is 4.90 Å². The Kier molecular flexibility index (Phi) is 6.80. The number of ketones is 1. The molecule has 0 bridgehead atoms. The highest BCUT2D eigenvalue weighted by atomic mass is 35.5. The Morgan fingerprint density at radius 2 is 1.64 bits per heavy atom. The molecule has 2 heterocycles. The van der Waals surface area contributed by atoms with Crippen molar-refractivity contribution in [1.29, 1.82) is 0 Å². The summed E-state index contributed by atoms with van der Waals surface area (Å²) in [6.07, 6.45) is 5.97. The van der Waals surface area contributed by atoms with Crippen molar-refractivity contribution in [3.05, 3.63) is 46.1 Å². The third-order valence-electron chi connectivity index (χ3n) is 6.68. The normalized spacial score (nSPS) is 18.6. The van der Waals surface area contributed by atoms with Gasteiger partial charge in [-0.05, 0) is 71.0 Å². The molecule has 4 rings (SSSR count). The van der Waals surface area contributed by atoms with Crippen molar-refractivity contribution < 1.29 is 9.90 Å². The summed E-state index contributed by atoms with van der Waals surface area (Å²) in [7, 11) is 6.31. The first-order valence-corrected chi connectivity index (χ1v) is 11.8. The molecule has 0 radical (unpaired) electrons. The third-order valence-corrected chi connectivity index (χ3v) is 7.25. The van der Waals surface area contributed by atoms with Gasteiger partial charge in [-0.3, -0.25) is 9.78 Å². The number of benzene rings is 1. The summed E-state index contributed by atoms with van der Waals surface area (Å²) in [5.74, 6) is -0.201. The first-order chi connectivity index (χ1) is 15.7. The molecule has 0 saturated heterocycles. The molecule has 6 nitrogen and oxygen atoms in total. The summed E-state index contributed by atoms with van der Waals surface area (Å²) < 4.78 is 0. The van der Waals surface area contributed by atoms with Crippen molar-refractivity contribution in [3.63, 3.8) is 0 Å². The number of halogens is 2. The number of phenolic OH excluding ortho intramolecular Hbond substituents is 1. The average molecular weight is 487 g/mol. The second kappa shape index (κ2) is 9.45. The number of nitrogens with zero attached hydrogens (tertiary/aromatic N) is 4.